The van der Waals surface area contributed by atoms with E-state index in [1.54, 1.807) is 0 Å². The van der Waals surface area contributed by atoms with Gasteiger partial charge in [0, 0.05) is 12.0 Å². The standard InChI is InChI=1S/C4H7F3OSi/c1-4(2-8)3-9(5,6)7/h2,4H,3H2,1H3. The summed E-state index contributed by atoms with van der Waals surface area (Å²) in [7, 11) is -5.47. The molecule has 0 fully saturated rings. The Balaban J connectivity index is 3.59. The largest absolute Gasteiger partial charge is 0.616 e. The number of hydrogen-bond acceptors (Lipinski definition) is 1. The second-order valence-corrected chi connectivity index (χ2v) is 3.57. The number of rotatable bonds is 3. The highest BCUT2D eigenvalue weighted by Gasteiger charge is 2.38. The quantitative estimate of drug-likeness (QED) is 0.345. The first-order valence-electron chi connectivity index (χ1n) is 2.48. The number of hydrogen-bond donors (Lipinski definition) is 0. The van der Waals surface area contributed by atoms with E-state index in [1.165, 1.54) is 6.92 Å². The molecule has 0 bridgehead atoms. The predicted octanol–water partition coefficient (Wildman–Crippen LogP) is 1.67. The van der Waals surface area contributed by atoms with E-state index in [-0.39, 0.29) is 0 Å². The Labute approximate surface area is 52.4 Å². The average Bonchev–Trinajstić information content (AvgIpc) is 1.62. The molecule has 0 rings (SSSR count). The van der Waals surface area contributed by atoms with Gasteiger partial charge in [-0.25, -0.2) is 12.3 Å². The fourth-order valence-corrected chi connectivity index (χ4v) is 1.24. The first-order chi connectivity index (χ1) is 3.95. The summed E-state index contributed by atoms with van der Waals surface area (Å²) in [4.78, 5) is 9.70. The molecule has 0 saturated carbocycles. The maximum atomic E-state index is 11.5. The Morgan fingerprint density at radius 3 is 2.11 bits per heavy atom. The molecule has 0 heterocycles. The topological polar surface area (TPSA) is 17.1 Å². The molecular weight excluding hydrogens is 149 g/mol. The van der Waals surface area contributed by atoms with E-state index in [1.807, 2.05) is 0 Å². The molecule has 0 spiro atoms. The Hall–Kier alpha value is -0.323. The van der Waals surface area contributed by atoms with Gasteiger partial charge in [0.15, 0.2) is 0 Å². The molecule has 0 aliphatic heterocycles. The van der Waals surface area contributed by atoms with Crippen LogP contribution in [0.3, 0.4) is 0 Å². The van der Waals surface area contributed by atoms with Crippen molar-refractivity contribution in [2.24, 2.45) is 5.92 Å². The van der Waals surface area contributed by atoms with Crippen molar-refractivity contribution in [2.45, 2.75) is 13.0 Å². The highest BCUT2D eigenvalue weighted by molar-refractivity contribution is 6.58. The third kappa shape index (κ3) is 5.55. The molecule has 1 unspecified atom stereocenters. The zero-order valence-corrected chi connectivity index (χ0v) is 5.90. The van der Waals surface area contributed by atoms with E-state index >= 15 is 0 Å². The Morgan fingerprint density at radius 1 is 1.56 bits per heavy atom. The molecule has 54 valence electrons. The van der Waals surface area contributed by atoms with Crippen LogP contribution in [0.5, 0.6) is 0 Å². The van der Waals surface area contributed by atoms with Crippen molar-refractivity contribution in [3.63, 3.8) is 0 Å². The van der Waals surface area contributed by atoms with Crippen LogP contribution in [0.1, 0.15) is 6.92 Å². The van der Waals surface area contributed by atoms with Crippen LogP contribution < -0.4 is 0 Å². The molecule has 0 aromatic heterocycles. The first-order valence-corrected chi connectivity index (χ1v) is 4.32. The van der Waals surface area contributed by atoms with Gasteiger partial charge >= 0.3 is 9.08 Å². The summed E-state index contributed by atoms with van der Waals surface area (Å²) in [5, 5.41) is 0. The summed E-state index contributed by atoms with van der Waals surface area (Å²) < 4.78 is 34.4. The molecule has 0 radical (unpaired) electrons. The molecule has 0 saturated heterocycles. The summed E-state index contributed by atoms with van der Waals surface area (Å²) in [6, 6.07) is -0.878. The zero-order chi connectivity index (χ0) is 7.49. The van der Waals surface area contributed by atoms with Crippen LogP contribution in [0, 0.1) is 5.92 Å². The first kappa shape index (κ1) is 8.68. The van der Waals surface area contributed by atoms with Gasteiger partial charge in [0.05, 0.1) is 0 Å². The molecule has 0 aromatic rings. The molecule has 0 aromatic carbocycles. The lowest BCUT2D eigenvalue weighted by atomic mass is 10.3. The summed E-state index contributed by atoms with van der Waals surface area (Å²) in [6.07, 6.45) is 0.334. The van der Waals surface area contributed by atoms with Crippen molar-refractivity contribution < 1.29 is 17.1 Å². The van der Waals surface area contributed by atoms with Gasteiger partial charge in [0.25, 0.3) is 0 Å². The Morgan fingerprint density at radius 2 is 2.00 bits per heavy atom. The summed E-state index contributed by atoms with van der Waals surface area (Å²) >= 11 is 0. The molecule has 0 N–H and O–H groups in total. The van der Waals surface area contributed by atoms with Gasteiger partial charge < -0.3 is 4.79 Å². The second kappa shape index (κ2) is 3.00. The molecule has 0 aliphatic rings. The van der Waals surface area contributed by atoms with E-state index in [0.717, 1.165) is 0 Å². The summed E-state index contributed by atoms with van der Waals surface area (Å²) in [5.41, 5.74) is 0. The highest BCUT2D eigenvalue weighted by Crippen LogP contribution is 2.19. The average molecular weight is 156 g/mol. The minimum atomic E-state index is -5.47. The van der Waals surface area contributed by atoms with Gasteiger partial charge in [-0.3, -0.25) is 0 Å². The van der Waals surface area contributed by atoms with Crippen LogP contribution in [0.2, 0.25) is 6.04 Å². The molecule has 0 aliphatic carbocycles. The third-order valence-corrected chi connectivity index (χ3v) is 1.89. The van der Waals surface area contributed by atoms with Gasteiger partial charge in [0.2, 0.25) is 0 Å². The molecule has 1 atom stereocenters. The van der Waals surface area contributed by atoms with Crippen LogP contribution in [0.4, 0.5) is 12.3 Å². The summed E-state index contributed by atoms with van der Waals surface area (Å²) in [6.45, 7) is 1.27. The van der Waals surface area contributed by atoms with Gasteiger partial charge in [-0.2, -0.15) is 0 Å². The zero-order valence-electron chi connectivity index (χ0n) is 4.90. The summed E-state index contributed by atoms with van der Waals surface area (Å²) in [5.74, 6) is -0.850. The maximum absolute atomic E-state index is 11.5. The van der Waals surface area contributed by atoms with E-state index < -0.39 is 21.0 Å². The Bertz CT molecular complexity index is 100. The van der Waals surface area contributed by atoms with Crippen LogP contribution >= 0.6 is 0 Å². The van der Waals surface area contributed by atoms with Crippen LogP contribution in [-0.4, -0.2) is 15.4 Å². The minimum absolute atomic E-state index is 0.334. The van der Waals surface area contributed by atoms with Gasteiger partial charge in [-0.1, -0.05) is 6.92 Å². The Kier molecular flexibility index (Phi) is 2.89. The fourth-order valence-electron chi connectivity index (χ4n) is 0.413. The van der Waals surface area contributed by atoms with E-state index in [9.17, 15) is 17.1 Å². The normalized spacial score (nSPS) is 15.1. The monoisotopic (exact) mass is 156 g/mol. The van der Waals surface area contributed by atoms with Crippen molar-refractivity contribution in [2.75, 3.05) is 0 Å². The van der Waals surface area contributed by atoms with Gasteiger partial charge in [-0.05, 0) is 0 Å². The van der Waals surface area contributed by atoms with Gasteiger partial charge in [-0.15, -0.1) is 0 Å². The second-order valence-electron chi connectivity index (χ2n) is 1.93. The number of aldehydes is 1. The predicted molar refractivity (Wildman–Crippen MR) is 29.1 cm³/mol. The van der Waals surface area contributed by atoms with E-state index in [2.05, 4.69) is 0 Å². The lowest BCUT2D eigenvalue weighted by molar-refractivity contribution is -0.110. The molecule has 5 heteroatoms. The molecule has 9 heavy (non-hydrogen) atoms. The van der Waals surface area contributed by atoms with Crippen molar-refractivity contribution in [1.82, 2.24) is 0 Å². The van der Waals surface area contributed by atoms with Crippen LogP contribution in [-0.2, 0) is 4.79 Å². The minimum Gasteiger partial charge on any atom is -0.303 e. The highest BCUT2D eigenvalue weighted by atomic mass is 28.5. The van der Waals surface area contributed by atoms with Crippen molar-refractivity contribution >= 4 is 15.4 Å². The van der Waals surface area contributed by atoms with Crippen molar-refractivity contribution in [3.05, 3.63) is 0 Å². The number of halogens is 3. The lowest BCUT2D eigenvalue weighted by Crippen LogP contribution is -2.18. The maximum Gasteiger partial charge on any atom is 0.616 e. The van der Waals surface area contributed by atoms with Gasteiger partial charge in [0.1, 0.15) is 6.29 Å². The van der Waals surface area contributed by atoms with Crippen LogP contribution in [0.15, 0.2) is 0 Å². The molecule has 1 nitrogen and oxygen atoms in total. The fraction of sp³-hybridized carbons (Fsp3) is 0.750. The van der Waals surface area contributed by atoms with Crippen molar-refractivity contribution in [1.29, 1.82) is 0 Å². The molecular formula is C4H7F3OSi. The lowest BCUT2D eigenvalue weighted by Gasteiger charge is -2.02. The van der Waals surface area contributed by atoms with E-state index in [0.29, 0.717) is 6.29 Å². The third-order valence-electron chi connectivity index (χ3n) is 0.786. The van der Waals surface area contributed by atoms with E-state index in [4.69, 9.17) is 0 Å². The number of carbonyl (C=O) groups excluding carboxylic acids is 1. The number of carbonyl (C=O) groups is 1. The SMILES string of the molecule is CC(C=O)C[Si](F)(F)F. The van der Waals surface area contributed by atoms with Crippen molar-refractivity contribution in [3.8, 4) is 0 Å². The van der Waals surface area contributed by atoms with Crippen LogP contribution in [0.25, 0.3) is 0 Å². The smallest absolute Gasteiger partial charge is 0.303 e. The molecule has 0 amide bonds.